The smallest absolute Gasteiger partial charge is 0.152 e. The fraction of sp³-hybridized carbons (Fsp3) is 0.385. The van der Waals surface area contributed by atoms with Gasteiger partial charge in [0.1, 0.15) is 5.75 Å². The number of aromatic hydroxyl groups is 1. The van der Waals surface area contributed by atoms with E-state index in [4.69, 9.17) is 11.5 Å². The predicted molar refractivity (Wildman–Crippen MR) is 127 cm³/mol. The van der Waals surface area contributed by atoms with Gasteiger partial charge in [0.15, 0.2) is 11.6 Å². The van der Waals surface area contributed by atoms with Gasteiger partial charge in [-0.25, -0.2) is 0 Å². The van der Waals surface area contributed by atoms with Gasteiger partial charge in [-0.2, -0.15) is 0 Å². The first-order chi connectivity index (χ1) is 15.2. The van der Waals surface area contributed by atoms with Gasteiger partial charge < -0.3 is 21.6 Å². The number of nitrogens with two attached hydrogens (primary N) is 2. The van der Waals surface area contributed by atoms with E-state index < -0.39 is 12.1 Å². The van der Waals surface area contributed by atoms with Crippen LogP contribution in [0.2, 0.25) is 0 Å². The average Bonchev–Trinajstić information content (AvgIpc) is 3.15. The van der Waals surface area contributed by atoms with E-state index in [0.29, 0.717) is 19.3 Å². The van der Waals surface area contributed by atoms with Gasteiger partial charge in [0.25, 0.3) is 0 Å². The van der Waals surface area contributed by atoms with Crippen LogP contribution in [0.25, 0.3) is 10.9 Å². The Morgan fingerprint density at radius 2 is 1.50 bits per heavy atom. The molecule has 0 aliphatic rings. The monoisotopic (exact) mass is 435 g/mol. The highest BCUT2D eigenvalue weighted by Crippen LogP contribution is 2.23. The predicted octanol–water partition coefficient (Wildman–Crippen LogP) is 3.29. The van der Waals surface area contributed by atoms with Crippen molar-refractivity contribution in [2.45, 2.75) is 52.1 Å². The Morgan fingerprint density at radius 3 is 2.16 bits per heavy atom. The Morgan fingerprint density at radius 1 is 0.875 bits per heavy atom. The Labute approximate surface area is 189 Å². The molecule has 0 radical (unpaired) electrons. The number of hydrogen-bond donors (Lipinski definition) is 4. The third-order valence-corrected chi connectivity index (χ3v) is 5.99. The highest BCUT2D eigenvalue weighted by Gasteiger charge is 2.22. The van der Waals surface area contributed by atoms with Gasteiger partial charge in [-0.05, 0) is 54.2 Å². The zero-order valence-corrected chi connectivity index (χ0v) is 19.0. The van der Waals surface area contributed by atoms with E-state index in [-0.39, 0.29) is 29.2 Å². The number of Topliss-reactive ketones (excluding diaryl/α,β-unsaturated/α-hetero) is 2. The molecule has 0 fully saturated rings. The van der Waals surface area contributed by atoms with E-state index in [9.17, 15) is 14.7 Å². The number of carbonyl (C=O) groups is 2. The van der Waals surface area contributed by atoms with Gasteiger partial charge in [-0.1, -0.05) is 45.0 Å². The van der Waals surface area contributed by atoms with Gasteiger partial charge in [0.2, 0.25) is 0 Å². The fourth-order valence-electron chi connectivity index (χ4n) is 4.10. The molecule has 6 heteroatoms. The summed E-state index contributed by atoms with van der Waals surface area (Å²) in [6.45, 7) is 5.63. The summed E-state index contributed by atoms with van der Waals surface area (Å²) in [5.41, 5.74) is 16.2. The average molecular weight is 436 g/mol. The summed E-state index contributed by atoms with van der Waals surface area (Å²) in [6.07, 6.45) is 3.44. The van der Waals surface area contributed by atoms with Gasteiger partial charge in [0, 0.05) is 28.9 Å². The highest BCUT2D eigenvalue weighted by molar-refractivity contribution is 5.89. The molecule has 6 N–H and O–H groups in total. The summed E-state index contributed by atoms with van der Waals surface area (Å²) < 4.78 is 0. The van der Waals surface area contributed by atoms with E-state index in [1.54, 1.807) is 24.3 Å². The van der Waals surface area contributed by atoms with Crippen molar-refractivity contribution in [2.75, 3.05) is 0 Å². The lowest BCUT2D eigenvalue weighted by molar-refractivity contribution is -0.124. The van der Waals surface area contributed by atoms with Crippen molar-refractivity contribution in [3.05, 3.63) is 65.4 Å². The normalized spacial score (nSPS) is 14.4. The third kappa shape index (κ3) is 5.64. The largest absolute Gasteiger partial charge is 0.508 e. The molecule has 0 aliphatic carbocycles. The van der Waals surface area contributed by atoms with Crippen LogP contribution in [-0.4, -0.2) is 33.7 Å². The summed E-state index contributed by atoms with van der Waals surface area (Å²) in [4.78, 5) is 28.2. The molecular formula is C26H33N3O3. The minimum absolute atomic E-state index is 0.0171. The van der Waals surface area contributed by atoms with Crippen LogP contribution in [0, 0.1) is 11.8 Å². The number of ketones is 2. The number of aromatic nitrogens is 1. The zero-order chi connectivity index (χ0) is 23.4. The highest BCUT2D eigenvalue weighted by atomic mass is 16.3. The lowest BCUT2D eigenvalue weighted by Gasteiger charge is -2.17. The van der Waals surface area contributed by atoms with Crippen LogP contribution in [-0.2, 0) is 28.9 Å². The minimum atomic E-state index is -0.588. The SMILES string of the molecule is CC(C)C(=O)[C@@H](N)Cc1c[nH]c2cc(CC(C)C(=O)[C@@H](N)Cc3ccc(O)cc3)ccc12. The number of fused-ring (bicyclic) bond motifs is 1. The lowest BCUT2D eigenvalue weighted by Crippen LogP contribution is -2.37. The number of nitrogens with one attached hydrogen (secondary N) is 1. The van der Waals surface area contributed by atoms with Crippen LogP contribution < -0.4 is 11.5 Å². The molecular weight excluding hydrogens is 402 g/mol. The molecule has 170 valence electrons. The number of H-pyrrole nitrogens is 1. The Hall–Kier alpha value is -2.96. The van der Waals surface area contributed by atoms with E-state index in [0.717, 1.165) is 27.6 Å². The maximum absolute atomic E-state index is 12.8. The molecule has 0 aliphatic heterocycles. The van der Waals surface area contributed by atoms with Gasteiger partial charge in [-0.15, -0.1) is 0 Å². The molecule has 0 amide bonds. The lowest BCUT2D eigenvalue weighted by atomic mass is 9.90. The van der Waals surface area contributed by atoms with Crippen molar-refractivity contribution >= 4 is 22.5 Å². The molecule has 0 spiro atoms. The standard InChI is InChI=1S/C26H33N3O3/c1-15(2)25(31)23(28)13-19-14-29-24-12-18(6-9-21(19)24)10-16(3)26(32)22(27)11-17-4-7-20(30)8-5-17/h4-9,12,14-16,22-23,29-30H,10-11,13,27-28H2,1-3H3/t16?,22-,23-/m0/s1. The summed E-state index contributed by atoms with van der Waals surface area (Å²) in [5, 5.41) is 10.4. The van der Waals surface area contributed by atoms with E-state index in [2.05, 4.69) is 4.98 Å². The number of phenols is 1. The molecule has 1 unspecified atom stereocenters. The quantitative estimate of drug-likeness (QED) is 0.389. The summed E-state index contributed by atoms with van der Waals surface area (Å²) in [6, 6.07) is 11.8. The second kappa shape index (κ2) is 10.1. The molecule has 1 heterocycles. The number of hydrogen-bond acceptors (Lipinski definition) is 5. The van der Waals surface area contributed by atoms with Crippen molar-refractivity contribution < 1.29 is 14.7 Å². The second-order valence-corrected chi connectivity index (χ2v) is 9.05. The van der Waals surface area contributed by atoms with Crippen molar-refractivity contribution in [3.8, 4) is 5.75 Å². The number of aromatic amines is 1. The molecule has 3 atom stereocenters. The van der Waals surface area contributed by atoms with Crippen molar-refractivity contribution in [1.29, 1.82) is 0 Å². The second-order valence-electron chi connectivity index (χ2n) is 9.05. The van der Waals surface area contributed by atoms with E-state index in [1.165, 1.54) is 0 Å². The summed E-state index contributed by atoms with van der Waals surface area (Å²) in [5.74, 6) is -0.0267. The molecule has 0 saturated carbocycles. The Balaban J connectivity index is 1.64. The first kappa shape index (κ1) is 23.7. The molecule has 32 heavy (non-hydrogen) atoms. The van der Waals surface area contributed by atoms with Crippen LogP contribution in [0.1, 0.15) is 37.5 Å². The first-order valence-electron chi connectivity index (χ1n) is 11.1. The summed E-state index contributed by atoms with van der Waals surface area (Å²) in [7, 11) is 0. The number of phenolic OH excluding ortho intramolecular Hbond substituents is 1. The summed E-state index contributed by atoms with van der Waals surface area (Å²) >= 11 is 0. The van der Waals surface area contributed by atoms with Crippen LogP contribution in [0.3, 0.4) is 0 Å². The van der Waals surface area contributed by atoms with Crippen molar-refractivity contribution in [2.24, 2.45) is 23.3 Å². The van der Waals surface area contributed by atoms with Crippen molar-refractivity contribution in [3.63, 3.8) is 0 Å². The molecule has 0 saturated heterocycles. The van der Waals surface area contributed by atoms with Gasteiger partial charge >= 0.3 is 0 Å². The van der Waals surface area contributed by atoms with Crippen molar-refractivity contribution in [1.82, 2.24) is 4.98 Å². The number of carbonyl (C=O) groups excluding carboxylic acids is 2. The maximum Gasteiger partial charge on any atom is 0.152 e. The third-order valence-electron chi connectivity index (χ3n) is 5.99. The van der Waals surface area contributed by atoms with E-state index in [1.807, 2.05) is 45.2 Å². The molecule has 6 nitrogen and oxygen atoms in total. The first-order valence-corrected chi connectivity index (χ1v) is 11.1. The van der Waals surface area contributed by atoms with Crippen LogP contribution in [0.15, 0.2) is 48.7 Å². The maximum atomic E-state index is 12.8. The van der Waals surface area contributed by atoms with E-state index >= 15 is 0 Å². The minimum Gasteiger partial charge on any atom is -0.508 e. The fourth-order valence-corrected chi connectivity index (χ4v) is 4.10. The van der Waals surface area contributed by atoms with Gasteiger partial charge in [-0.3, -0.25) is 9.59 Å². The van der Waals surface area contributed by atoms with Crippen LogP contribution in [0.5, 0.6) is 5.75 Å². The number of rotatable bonds is 10. The number of benzene rings is 2. The molecule has 3 rings (SSSR count). The van der Waals surface area contributed by atoms with Gasteiger partial charge in [0.05, 0.1) is 12.1 Å². The molecule has 0 bridgehead atoms. The topological polar surface area (TPSA) is 122 Å². The zero-order valence-electron chi connectivity index (χ0n) is 19.0. The Bertz CT molecular complexity index is 1090. The van der Waals surface area contributed by atoms with Crippen LogP contribution >= 0.6 is 0 Å². The molecule has 3 aromatic rings. The Kier molecular flexibility index (Phi) is 7.48. The molecule has 2 aromatic carbocycles. The van der Waals surface area contributed by atoms with Crippen LogP contribution in [0.4, 0.5) is 0 Å². The molecule has 1 aromatic heterocycles.